The Hall–Kier alpha value is -19.9. The van der Waals surface area contributed by atoms with Crippen LogP contribution in [-0.4, -0.2) is 9.13 Å². The molecule has 0 spiro atoms. The first-order chi connectivity index (χ1) is 74.4. The largest absolute Gasteiger partial charge is 0.453 e. The molecule has 4 aromatic heterocycles. The van der Waals surface area contributed by atoms with Gasteiger partial charge in [-0.3, -0.25) is 0 Å². The zero-order valence-electron chi connectivity index (χ0n) is 81.9. The lowest BCUT2D eigenvalue weighted by Gasteiger charge is -2.26. The van der Waals surface area contributed by atoms with Crippen molar-refractivity contribution in [2.45, 2.75) is 0 Å². The summed E-state index contributed by atoms with van der Waals surface area (Å²) in [4.78, 5) is 4.68. The van der Waals surface area contributed by atoms with E-state index in [9.17, 15) is 0 Å². The van der Waals surface area contributed by atoms with Crippen LogP contribution < -0.4 is 9.80 Å². The smallest absolute Gasteiger partial charge is 0.159 e. The molecule has 0 N–H and O–H groups in total. The summed E-state index contributed by atoms with van der Waals surface area (Å²) in [6.07, 6.45) is 0. The maximum Gasteiger partial charge on any atom is 0.159 e. The molecular formula is C144H94N4O2. The van der Waals surface area contributed by atoms with E-state index in [0.717, 1.165) is 134 Å². The van der Waals surface area contributed by atoms with Crippen molar-refractivity contribution < 1.29 is 8.83 Å². The Labute approximate surface area is 868 Å². The summed E-state index contributed by atoms with van der Waals surface area (Å²) in [6.45, 7) is 0. The number of rotatable bonds is 18. The Morgan fingerprint density at radius 2 is 0.393 bits per heavy atom. The summed E-state index contributed by atoms with van der Waals surface area (Å²) in [6, 6.07) is 206. The van der Waals surface area contributed by atoms with Crippen LogP contribution >= 0.6 is 0 Å². The van der Waals surface area contributed by atoms with Gasteiger partial charge < -0.3 is 27.8 Å². The third-order valence-corrected chi connectivity index (χ3v) is 30.2. The van der Waals surface area contributed by atoms with Gasteiger partial charge in [-0.15, -0.1) is 0 Å². The predicted octanol–water partition coefficient (Wildman–Crippen LogP) is 40.4. The van der Waals surface area contributed by atoms with Crippen molar-refractivity contribution in [1.29, 1.82) is 0 Å². The molecule has 0 aliphatic heterocycles. The highest BCUT2D eigenvalue weighted by Crippen LogP contribution is 2.52. The highest BCUT2D eigenvalue weighted by atomic mass is 16.3. The van der Waals surface area contributed by atoms with Crippen molar-refractivity contribution in [3.05, 3.63) is 570 Å². The molecule has 0 saturated heterocycles. The van der Waals surface area contributed by atoms with Crippen molar-refractivity contribution in [1.82, 2.24) is 9.13 Å². The minimum atomic E-state index is 0.840. The first-order valence-electron chi connectivity index (χ1n) is 51.4. The molecular weight excluding hydrogens is 1820 g/mol. The Bertz CT molecular complexity index is 10100. The summed E-state index contributed by atoms with van der Waals surface area (Å²) < 4.78 is 19.1. The van der Waals surface area contributed by atoms with E-state index in [1.54, 1.807) is 0 Å². The van der Waals surface area contributed by atoms with E-state index in [0.29, 0.717) is 0 Å². The average molecular weight is 1910 g/mol. The van der Waals surface area contributed by atoms with E-state index in [4.69, 9.17) is 8.83 Å². The van der Waals surface area contributed by atoms with Crippen molar-refractivity contribution in [2.75, 3.05) is 9.80 Å². The molecule has 150 heavy (non-hydrogen) atoms. The summed E-state index contributed by atoms with van der Waals surface area (Å²) in [5, 5.41) is 16.7. The maximum absolute atomic E-state index is 7.21. The fourth-order valence-corrected chi connectivity index (χ4v) is 22.8. The standard InChI is InChI=1S/C76H50N2O.C68H44N2O/c1-4-15-51(16-5-1)52-27-29-55(30-28-52)57-39-44-64(45-40-57)77(73-26-14-24-68-74-66-22-11-10-19-62(66)50-69(76(74)79-75(68)73)60-17-6-2-7-18-60)65-46-41-58(42-47-65)56-33-31-53(32-34-56)54-35-37-59(38-36-54)61-43-48-72-70(49-61)67-23-12-13-25-71(67)78(72)63-20-8-3-9-21-63;1-2-14-51(15-3-1)62-44-54-17-6-7-18-58(54)66-61-21-12-24-65(67(61)71-68(62)66)69(56-39-35-50(36-40-56)53-30-29-45-13-4-5-16-52(45)43-53)55-37-31-48(32-38-55)46-25-27-47(28-26-46)49-33-41-57(42-34-49)70-63-22-10-8-19-59(63)60-20-9-11-23-64(60)70/h1-50H;1-44H. The summed E-state index contributed by atoms with van der Waals surface area (Å²) in [7, 11) is 0. The number of fused-ring (bicyclic) bond motifs is 17. The number of hydrogen-bond donors (Lipinski definition) is 0. The van der Waals surface area contributed by atoms with Gasteiger partial charge in [-0.1, -0.05) is 437 Å². The molecule has 29 rings (SSSR count). The molecule has 25 aromatic carbocycles. The fourth-order valence-electron chi connectivity index (χ4n) is 22.8. The van der Waals surface area contributed by atoms with Crippen LogP contribution in [0, 0.1) is 0 Å². The molecule has 0 bridgehead atoms. The van der Waals surface area contributed by atoms with E-state index in [1.165, 1.54) is 143 Å². The Morgan fingerprint density at radius 3 is 0.773 bits per heavy atom. The van der Waals surface area contributed by atoms with Crippen molar-refractivity contribution in [3.63, 3.8) is 0 Å². The van der Waals surface area contributed by atoms with Crippen LogP contribution in [0.4, 0.5) is 34.1 Å². The minimum absolute atomic E-state index is 0.840. The maximum atomic E-state index is 7.21. The second-order valence-electron chi connectivity index (χ2n) is 38.9. The average Bonchev–Trinajstić information content (AvgIpc) is 1.58. The number of benzene rings is 25. The van der Waals surface area contributed by atoms with Gasteiger partial charge in [-0.2, -0.15) is 0 Å². The Kier molecular flexibility index (Phi) is 21.9. The van der Waals surface area contributed by atoms with Gasteiger partial charge >= 0.3 is 0 Å². The van der Waals surface area contributed by atoms with Crippen LogP contribution in [0.3, 0.4) is 0 Å². The van der Waals surface area contributed by atoms with E-state index in [1.807, 2.05) is 0 Å². The molecule has 6 nitrogen and oxygen atoms in total. The van der Waals surface area contributed by atoms with Crippen LogP contribution in [0.1, 0.15) is 0 Å². The third-order valence-electron chi connectivity index (χ3n) is 30.2. The molecule has 29 aromatic rings. The van der Waals surface area contributed by atoms with E-state index in [2.05, 4.69) is 589 Å². The lowest BCUT2D eigenvalue weighted by Crippen LogP contribution is -2.10. The summed E-state index contributed by atoms with van der Waals surface area (Å²) in [5.41, 5.74) is 39.9. The zero-order valence-corrected chi connectivity index (χ0v) is 81.9. The van der Waals surface area contributed by atoms with Gasteiger partial charge in [-0.05, 0) is 266 Å². The second kappa shape index (κ2) is 37.4. The van der Waals surface area contributed by atoms with E-state index >= 15 is 0 Å². The van der Waals surface area contributed by atoms with Crippen LogP contribution in [0.5, 0.6) is 0 Å². The molecule has 0 fully saturated rings. The van der Waals surface area contributed by atoms with Gasteiger partial charge in [0, 0.05) is 88.3 Å². The normalized spacial score (nSPS) is 11.6. The molecule has 702 valence electrons. The predicted molar refractivity (Wildman–Crippen MR) is 632 cm³/mol. The minimum Gasteiger partial charge on any atom is -0.453 e. The number of aromatic nitrogens is 2. The SMILES string of the molecule is c1ccc(-c2cc3ccccc3c3c2oc2c(N(c4ccc(-c5ccc(-c6ccc(-n7c8ccccc8c8ccccc87)cc6)cc5)cc4)c4ccc(-c5ccc6ccccc6c5)cc4)cccc23)cc1.c1ccc(-c2ccc(-c3ccc(N(c4ccc(-c5ccc(-c6ccc(-c7ccc8c(c7)c7ccccc7n8-c7ccccc7)cc6)cc5)cc4)c4cccc5c4oc4c(-c6ccccc6)cc6ccccc6c45)cc3)cc2)cc1. The molecule has 0 aliphatic rings. The fraction of sp³-hybridized carbons (Fsp3) is 0. The van der Waals surface area contributed by atoms with E-state index in [-0.39, 0.29) is 0 Å². The van der Waals surface area contributed by atoms with Crippen molar-refractivity contribution in [2.24, 2.45) is 0 Å². The quantitative estimate of drug-likeness (QED) is 0.0859. The molecule has 0 radical (unpaired) electrons. The van der Waals surface area contributed by atoms with E-state index < -0.39 is 0 Å². The summed E-state index contributed by atoms with van der Waals surface area (Å²) >= 11 is 0. The number of para-hydroxylation sites is 6. The molecule has 0 aliphatic carbocycles. The Morgan fingerprint density at radius 1 is 0.140 bits per heavy atom. The number of nitrogens with zero attached hydrogens (tertiary/aromatic N) is 4. The molecule has 6 heteroatoms. The number of anilines is 6. The van der Waals surface area contributed by atoms with Gasteiger partial charge in [-0.25, -0.2) is 0 Å². The van der Waals surface area contributed by atoms with Gasteiger partial charge in [0.25, 0.3) is 0 Å². The zero-order chi connectivity index (χ0) is 99.1. The van der Waals surface area contributed by atoms with Crippen molar-refractivity contribution >= 4 is 154 Å². The van der Waals surface area contributed by atoms with Crippen molar-refractivity contribution in [3.8, 4) is 123 Å². The van der Waals surface area contributed by atoms with Gasteiger partial charge in [0.15, 0.2) is 11.2 Å². The second-order valence-corrected chi connectivity index (χ2v) is 38.9. The molecule has 0 atom stereocenters. The topological polar surface area (TPSA) is 42.6 Å². The van der Waals surface area contributed by atoms with Gasteiger partial charge in [0.05, 0.1) is 33.4 Å². The van der Waals surface area contributed by atoms with Gasteiger partial charge in [0.2, 0.25) is 0 Å². The molecule has 0 unspecified atom stereocenters. The lowest BCUT2D eigenvalue weighted by molar-refractivity contribution is 0.670. The van der Waals surface area contributed by atoms with Crippen LogP contribution in [0.2, 0.25) is 0 Å². The Balaban J connectivity index is 0.000000145. The first-order valence-corrected chi connectivity index (χ1v) is 51.4. The third kappa shape index (κ3) is 15.8. The summed E-state index contributed by atoms with van der Waals surface area (Å²) in [5.74, 6) is 0. The lowest BCUT2D eigenvalue weighted by atomic mass is 9.96. The molecule has 0 saturated carbocycles. The van der Waals surface area contributed by atoms with Crippen LogP contribution in [0.25, 0.3) is 242 Å². The monoisotopic (exact) mass is 1910 g/mol. The highest BCUT2D eigenvalue weighted by Gasteiger charge is 2.28. The number of furan rings is 2. The number of hydrogen-bond acceptors (Lipinski definition) is 4. The molecule has 0 amide bonds. The molecule has 4 heterocycles. The first kappa shape index (κ1) is 87.8. The van der Waals surface area contributed by atoms with Crippen LogP contribution in [0.15, 0.2) is 579 Å². The highest BCUT2D eigenvalue weighted by molar-refractivity contribution is 6.26. The van der Waals surface area contributed by atoms with Crippen LogP contribution in [-0.2, 0) is 0 Å². The van der Waals surface area contributed by atoms with Gasteiger partial charge in [0.1, 0.15) is 11.2 Å².